The van der Waals surface area contributed by atoms with Crippen molar-refractivity contribution in [3.8, 4) is 0 Å². The van der Waals surface area contributed by atoms with Crippen molar-refractivity contribution in [3.05, 3.63) is 46.5 Å². The van der Waals surface area contributed by atoms with Crippen LogP contribution in [-0.4, -0.2) is 14.8 Å². The second-order valence-corrected chi connectivity index (χ2v) is 5.92. The van der Waals surface area contributed by atoms with Crippen LogP contribution in [0.25, 0.3) is 10.9 Å². The first-order chi connectivity index (χ1) is 10.3. The van der Waals surface area contributed by atoms with Gasteiger partial charge in [-0.15, -0.1) is 11.3 Å². The summed E-state index contributed by atoms with van der Waals surface area (Å²) in [6, 6.07) is 8.72. The molecular weight excluding hydrogens is 280 g/mol. The van der Waals surface area contributed by atoms with Gasteiger partial charge in [-0.3, -0.25) is 4.68 Å². The second kappa shape index (κ2) is 6.37. The number of para-hydroxylation sites is 1. The third-order valence-corrected chi connectivity index (χ3v) is 4.60. The molecule has 4 nitrogen and oxygen atoms in total. The summed E-state index contributed by atoms with van der Waals surface area (Å²) in [6.07, 6.45) is 2.89. The van der Waals surface area contributed by atoms with Crippen molar-refractivity contribution in [3.63, 3.8) is 0 Å². The Labute approximate surface area is 128 Å². The van der Waals surface area contributed by atoms with Crippen LogP contribution in [0.3, 0.4) is 0 Å². The molecule has 5 heteroatoms. The predicted molar refractivity (Wildman–Crippen MR) is 87.4 cm³/mol. The van der Waals surface area contributed by atoms with Crippen LogP contribution in [0.1, 0.15) is 37.0 Å². The quantitative estimate of drug-likeness (QED) is 0.754. The van der Waals surface area contributed by atoms with E-state index >= 15 is 0 Å². The third-order valence-electron chi connectivity index (χ3n) is 3.71. The highest BCUT2D eigenvalue weighted by molar-refractivity contribution is 7.09. The average molecular weight is 300 g/mol. The molecule has 110 valence electrons. The van der Waals surface area contributed by atoms with Crippen molar-refractivity contribution in [2.45, 2.75) is 39.4 Å². The SMILES string of the molecule is CCC(NCc1nn(CC)c2ccccc12)c1nccs1. The Morgan fingerprint density at radius 3 is 2.86 bits per heavy atom. The van der Waals surface area contributed by atoms with E-state index in [-0.39, 0.29) is 0 Å². The summed E-state index contributed by atoms with van der Waals surface area (Å²) in [7, 11) is 0. The number of hydrogen-bond donors (Lipinski definition) is 1. The summed E-state index contributed by atoms with van der Waals surface area (Å²) >= 11 is 1.70. The summed E-state index contributed by atoms with van der Waals surface area (Å²) in [5.74, 6) is 0. The van der Waals surface area contributed by atoms with Gasteiger partial charge < -0.3 is 5.32 Å². The predicted octanol–water partition coefficient (Wildman–Crippen LogP) is 3.75. The zero-order chi connectivity index (χ0) is 14.7. The molecule has 0 radical (unpaired) electrons. The fourth-order valence-corrected chi connectivity index (χ4v) is 3.40. The first-order valence-electron chi connectivity index (χ1n) is 7.40. The monoisotopic (exact) mass is 300 g/mol. The Balaban J connectivity index is 1.82. The molecule has 0 aliphatic carbocycles. The Morgan fingerprint density at radius 1 is 1.29 bits per heavy atom. The van der Waals surface area contributed by atoms with Crippen LogP contribution in [-0.2, 0) is 13.1 Å². The number of fused-ring (bicyclic) bond motifs is 1. The number of aryl methyl sites for hydroxylation is 1. The van der Waals surface area contributed by atoms with Crippen molar-refractivity contribution in [1.29, 1.82) is 0 Å². The van der Waals surface area contributed by atoms with E-state index in [1.54, 1.807) is 11.3 Å². The molecule has 1 atom stereocenters. The topological polar surface area (TPSA) is 42.7 Å². The lowest BCUT2D eigenvalue weighted by Gasteiger charge is -2.13. The Bertz CT molecular complexity index is 702. The van der Waals surface area contributed by atoms with E-state index in [0.717, 1.165) is 30.2 Å². The minimum absolute atomic E-state index is 0.301. The Morgan fingerprint density at radius 2 is 2.14 bits per heavy atom. The second-order valence-electron chi connectivity index (χ2n) is 4.99. The lowest BCUT2D eigenvalue weighted by atomic mass is 10.2. The highest BCUT2D eigenvalue weighted by atomic mass is 32.1. The van der Waals surface area contributed by atoms with Gasteiger partial charge in [0.25, 0.3) is 0 Å². The van der Waals surface area contributed by atoms with Gasteiger partial charge in [0.15, 0.2) is 0 Å². The van der Waals surface area contributed by atoms with Gasteiger partial charge >= 0.3 is 0 Å². The number of thiazole rings is 1. The van der Waals surface area contributed by atoms with Gasteiger partial charge in [0.2, 0.25) is 0 Å². The van der Waals surface area contributed by atoms with E-state index in [4.69, 9.17) is 5.10 Å². The Kier molecular flexibility index (Phi) is 4.31. The highest BCUT2D eigenvalue weighted by Gasteiger charge is 2.14. The number of nitrogens with zero attached hydrogens (tertiary/aromatic N) is 3. The fraction of sp³-hybridized carbons (Fsp3) is 0.375. The molecule has 3 rings (SSSR count). The van der Waals surface area contributed by atoms with Gasteiger partial charge in [-0.2, -0.15) is 5.10 Å². The number of hydrogen-bond acceptors (Lipinski definition) is 4. The molecule has 0 aliphatic heterocycles. The van der Waals surface area contributed by atoms with E-state index in [2.05, 4.69) is 53.1 Å². The van der Waals surface area contributed by atoms with Crippen molar-refractivity contribution >= 4 is 22.2 Å². The van der Waals surface area contributed by atoms with Gasteiger partial charge in [-0.05, 0) is 19.4 Å². The zero-order valence-corrected chi connectivity index (χ0v) is 13.2. The van der Waals surface area contributed by atoms with Crippen molar-refractivity contribution < 1.29 is 0 Å². The lowest BCUT2D eigenvalue weighted by molar-refractivity contribution is 0.508. The van der Waals surface area contributed by atoms with E-state index in [0.29, 0.717) is 6.04 Å². The molecule has 0 fully saturated rings. The molecule has 1 aromatic carbocycles. The largest absolute Gasteiger partial charge is 0.302 e. The van der Waals surface area contributed by atoms with E-state index in [1.165, 1.54) is 10.9 Å². The van der Waals surface area contributed by atoms with Crippen LogP contribution in [0.15, 0.2) is 35.8 Å². The van der Waals surface area contributed by atoms with Crippen LogP contribution in [0.5, 0.6) is 0 Å². The molecule has 1 unspecified atom stereocenters. The molecule has 2 aromatic heterocycles. The molecule has 1 N–H and O–H groups in total. The van der Waals surface area contributed by atoms with Crippen molar-refractivity contribution in [1.82, 2.24) is 20.1 Å². The molecule has 0 spiro atoms. The maximum absolute atomic E-state index is 4.73. The van der Waals surface area contributed by atoms with E-state index in [9.17, 15) is 0 Å². The number of rotatable bonds is 6. The molecule has 3 aromatic rings. The smallest absolute Gasteiger partial charge is 0.109 e. The number of benzene rings is 1. The molecule has 2 heterocycles. The van der Waals surface area contributed by atoms with Crippen LogP contribution in [0.2, 0.25) is 0 Å². The molecule has 0 aliphatic rings. The summed E-state index contributed by atoms with van der Waals surface area (Å²) in [5.41, 5.74) is 2.32. The normalized spacial score (nSPS) is 12.9. The molecule has 0 bridgehead atoms. The zero-order valence-electron chi connectivity index (χ0n) is 12.4. The van der Waals surface area contributed by atoms with Gasteiger partial charge in [0.05, 0.1) is 17.3 Å². The van der Waals surface area contributed by atoms with Gasteiger partial charge in [-0.25, -0.2) is 4.98 Å². The lowest BCUT2D eigenvalue weighted by Crippen LogP contribution is -2.20. The summed E-state index contributed by atoms with van der Waals surface area (Å²) in [6.45, 7) is 5.97. The number of aromatic nitrogens is 3. The Hall–Kier alpha value is -1.72. The van der Waals surface area contributed by atoms with Crippen LogP contribution in [0, 0.1) is 0 Å². The van der Waals surface area contributed by atoms with Gasteiger partial charge in [0, 0.05) is 30.1 Å². The number of nitrogens with one attached hydrogen (secondary N) is 1. The molecule has 21 heavy (non-hydrogen) atoms. The van der Waals surface area contributed by atoms with Crippen molar-refractivity contribution in [2.24, 2.45) is 0 Å². The first-order valence-corrected chi connectivity index (χ1v) is 8.28. The van der Waals surface area contributed by atoms with Crippen LogP contribution >= 0.6 is 11.3 Å². The maximum atomic E-state index is 4.73. The molecular formula is C16H20N4S. The van der Waals surface area contributed by atoms with Crippen molar-refractivity contribution in [2.75, 3.05) is 0 Å². The highest BCUT2D eigenvalue weighted by Crippen LogP contribution is 2.22. The molecule has 0 saturated carbocycles. The average Bonchev–Trinajstić information content (AvgIpc) is 3.16. The van der Waals surface area contributed by atoms with Crippen LogP contribution in [0.4, 0.5) is 0 Å². The molecule has 0 saturated heterocycles. The summed E-state index contributed by atoms with van der Waals surface area (Å²) in [5, 5.41) is 12.7. The minimum Gasteiger partial charge on any atom is -0.302 e. The van der Waals surface area contributed by atoms with Gasteiger partial charge in [0.1, 0.15) is 5.01 Å². The third kappa shape index (κ3) is 2.84. The first kappa shape index (κ1) is 14.2. The molecule has 0 amide bonds. The van der Waals surface area contributed by atoms with E-state index < -0.39 is 0 Å². The standard InChI is InChI=1S/C16H20N4S/c1-3-13(16-17-9-10-21-16)18-11-14-12-7-5-6-8-15(12)20(4-2)19-14/h5-10,13,18H,3-4,11H2,1-2H3. The van der Waals surface area contributed by atoms with E-state index in [1.807, 2.05) is 11.6 Å². The maximum Gasteiger partial charge on any atom is 0.109 e. The summed E-state index contributed by atoms with van der Waals surface area (Å²) in [4.78, 5) is 4.41. The minimum atomic E-state index is 0.301. The summed E-state index contributed by atoms with van der Waals surface area (Å²) < 4.78 is 2.07. The fourth-order valence-electron chi connectivity index (χ4n) is 2.60. The van der Waals surface area contributed by atoms with Gasteiger partial charge in [-0.1, -0.05) is 25.1 Å². The van der Waals surface area contributed by atoms with Crippen LogP contribution < -0.4 is 5.32 Å².